The number of rotatable bonds is 10. The first-order chi connectivity index (χ1) is 40.1. The molecule has 1 aliphatic heterocycles. The van der Waals surface area contributed by atoms with Gasteiger partial charge in [0.2, 0.25) is 0 Å². The van der Waals surface area contributed by atoms with Crippen LogP contribution in [0.5, 0.6) is 11.5 Å². The van der Waals surface area contributed by atoms with Crippen molar-refractivity contribution in [1.29, 1.82) is 0 Å². The molecule has 2 fully saturated rings. The standard InChI is InChI=1S/C66H66N2O2.C4F9O.Co/c1-63(2,3)57-43-55(65(49-27-13-7-14-28-49,50-29-15-8-16-30-50)51-31-17-9-18-32-51)41-47(61(57)69)45-67-59-39-25-26-40-60(59)68-46-48-42-56(44-58(62(48)70)64(4,5)6)66(52-33-19-10-20-34-52,53-35-21-11-22-36-53)54-37-23-12-24-38-54;5-2(6,7)1(14,3(8,9)10)4(11,12)13;/h7-24,27-38,41-46,59-60,69-70H,25-26,39-40H2,1-6H3;;/q;-1;+2/t59-,60-;;/m1../s1. The van der Waals surface area contributed by atoms with Crippen molar-refractivity contribution >= 4 is 12.4 Å². The minimum atomic E-state index is -6.98. The number of benzene rings is 8. The maximum atomic E-state index is 12.6. The third-order valence-electron chi connectivity index (χ3n) is 16.2. The van der Waals surface area contributed by atoms with Crippen LogP contribution in [-0.4, -0.2) is 66.1 Å². The van der Waals surface area contributed by atoms with E-state index in [1.807, 2.05) is 0 Å². The summed E-state index contributed by atoms with van der Waals surface area (Å²) < 4.78 is 107. The van der Waals surface area contributed by atoms with Crippen LogP contribution in [0.25, 0.3) is 0 Å². The summed E-state index contributed by atoms with van der Waals surface area (Å²) in [6.07, 6.45) is -12.1. The molecular formula is C70H66CoF9N2O3+. The summed E-state index contributed by atoms with van der Waals surface area (Å²) in [5.41, 5.74) is 3.55. The zero-order chi connectivity index (χ0) is 61.4. The van der Waals surface area contributed by atoms with Gasteiger partial charge in [0.1, 0.15) is 0 Å². The molecule has 445 valence electrons. The van der Waals surface area contributed by atoms with Crippen LogP contribution in [0.15, 0.2) is 206 Å². The summed E-state index contributed by atoms with van der Waals surface area (Å²) in [4.78, 5) is 0. The van der Waals surface area contributed by atoms with Gasteiger partial charge >= 0.3 is 449 Å². The predicted octanol–water partition coefficient (Wildman–Crippen LogP) is 16.0. The molecule has 8 aromatic rings. The largest absolute Gasteiger partial charge is 0.830 e. The summed E-state index contributed by atoms with van der Waals surface area (Å²) in [6, 6.07) is 74.4. The third kappa shape index (κ3) is 11.7. The molecule has 8 aromatic carbocycles. The Hall–Kier alpha value is -7.46. The molecular weight excluding hydrogens is 1150 g/mol. The van der Waals surface area contributed by atoms with Gasteiger partial charge in [0.05, 0.1) is 0 Å². The van der Waals surface area contributed by atoms with E-state index < -0.39 is 35.0 Å². The smallest absolute Gasteiger partial charge is 0.397 e. The number of phenolic OH excluding ortho intramolecular Hbond substituents is 2. The maximum absolute atomic E-state index is 12.6. The molecule has 0 radical (unpaired) electrons. The molecule has 5 nitrogen and oxygen atoms in total. The van der Waals surface area contributed by atoms with Crippen molar-refractivity contribution in [2.45, 2.75) is 125 Å². The first-order valence-corrected chi connectivity index (χ1v) is 28.9. The zero-order valence-electron chi connectivity index (χ0n) is 47.7. The van der Waals surface area contributed by atoms with Crippen LogP contribution in [0.3, 0.4) is 0 Å². The fourth-order valence-electron chi connectivity index (χ4n) is 12.0. The number of hydrogen-bond acceptors (Lipinski definition) is 3. The number of fused-ring (bicyclic) bond motifs is 1. The van der Waals surface area contributed by atoms with Crippen molar-refractivity contribution in [3.63, 3.8) is 0 Å². The molecule has 85 heavy (non-hydrogen) atoms. The molecule has 1 heterocycles. The number of aromatic hydroxyl groups is 2. The molecule has 1 saturated heterocycles. The predicted molar refractivity (Wildman–Crippen MR) is 308 cm³/mol. The second-order valence-corrected chi connectivity index (χ2v) is 25.0. The second-order valence-electron chi connectivity index (χ2n) is 23.7. The molecule has 2 N–H and O–H groups in total. The Morgan fingerprint density at radius 2 is 0.624 bits per heavy atom. The number of nitrogens with zero attached hydrogens (tertiary/aromatic N) is 2. The molecule has 2 aliphatic rings. The van der Waals surface area contributed by atoms with E-state index in [-0.39, 0.29) is 22.9 Å². The Labute approximate surface area is 496 Å². The van der Waals surface area contributed by atoms with Gasteiger partial charge in [-0.3, -0.25) is 0 Å². The van der Waals surface area contributed by atoms with E-state index in [4.69, 9.17) is 0 Å². The first-order valence-electron chi connectivity index (χ1n) is 27.9. The summed E-state index contributed by atoms with van der Waals surface area (Å²) >= 11 is 1.02. The van der Waals surface area contributed by atoms with E-state index in [0.29, 0.717) is 11.5 Å². The van der Waals surface area contributed by atoms with Gasteiger partial charge in [-0.1, -0.05) is 0 Å². The van der Waals surface area contributed by atoms with Crippen molar-refractivity contribution in [1.82, 2.24) is 0 Å². The monoisotopic (exact) mass is 1210 g/mol. The summed E-state index contributed by atoms with van der Waals surface area (Å²) in [5, 5.41) is 35.0. The number of phenols is 2. The Bertz CT molecular complexity index is 3210. The molecule has 15 heteroatoms. The van der Waals surface area contributed by atoms with E-state index >= 15 is 0 Å². The van der Waals surface area contributed by atoms with Crippen LogP contribution in [0.2, 0.25) is 0 Å². The molecule has 10 rings (SSSR count). The van der Waals surface area contributed by atoms with Gasteiger partial charge in [0.25, 0.3) is 0 Å². The van der Waals surface area contributed by atoms with Crippen LogP contribution in [-0.2, 0) is 36.8 Å². The van der Waals surface area contributed by atoms with Gasteiger partial charge in [-0.05, 0) is 0 Å². The van der Waals surface area contributed by atoms with Crippen molar-refractivity contribution in [3.8, 4) is 11.5 Å². The first kappa shape index (κ1) is 62.1. The topological polar surface area (TPSA) is 69.5 Å². The number of alkyl halides is 9. The molecule has 1 aliphatic carbocycles. The van der Waals surface area contributed by atoms with Gasteiger partial charge in [0, 0.05) is 0 Å². The van der Waals surface area contributed by atoms with Crippen LogP contribution in [0.4, 0.5) is 39.5 Å². The van der Waals surface area contributed by atoms with Crippen LogP contribution < -0.4 is 5.11 Å². The Balaban J connectivity index is 0.000000548. The Morgan fingerprint density at radius 1 is 0.388 bits per heavy atom. The minimum absolute atomic E-state index is 0.202. The van der Waals surface area contributed by atoms with Gasteiger partial charge in [-0.15, -0.1) is 0 Å². The maximum Gasteiger partial charge on any atom is 0.397 e. The zero-order valence-corrected chi connectivity index (χ0v) is 48.7. The average Bonchev–Trinajstić information content (AvgIpc) is 1.41. The average molecular weight is 1210 g/mol. The molecule has 0 bridgehead atoms. The number of hydrogen-bond donors (Lipinski definition) is 2. The fourth-order valence-corrected chi connectivity index (χ4v) is 13.6. The number of halogens is 9. The minimum Gasteiger partial charge on any atom is -0.830 e. The quantitative estimate of drug-likeness (QED) is 0.106. The summed E-state index contributed by atoms with van der Waals surface area (Å²) in [6.45, 7) is 13.2. The second kappa shape index (κ2) is 23.8. The van der Waals surface area contributed by atoms with Crippen LogP contribution in [0, 0.1) is 0 Å². The van der Waals surface area contributed by atoms with E-state index in [9.17, 15) is 54.8 Å². The van der Waals surface area contributed by atoms with Gasteiger partial charge in [-0.2, -0.15) is 39.5 Å². The van der Waals surface area contributed by atoms with E-state index in [1.165, 1.54) is 0 Å². The molecule has 2 atom stereocenters. The van der Waals surface area contributed by atoms with E-state index in [0.717, 1.165) is 108 Å². The van der Waals surface area contributed by atoms with Crippen molar-refractivity contribution < 1.29 is 77.2 Å². The Kier molecular flexibility index (Phi) is 17.4. The normalized spacial score (nSPS) is 17.4. The SMILES string of the molecule is CC(C)(C)c1cc(C(c2ccccc2)(c2ccccc2)c2ccccc2)cc(C=[N+]2[Co][N+](=Cc3cc(C(c4ccccc4)(c4ccccc4)c4ccccc4)cc(C(C)(C)C)c3O)[C@@H]3CCCC[C@H]32)c1O.[O-]C(C(F)(F)F)(C(F)(F)F)C(F)(F)F. The molecule has 0 unspecified atom stereocenters. The van der Waals surface area contributed by atoms with Crippen molar-refractivity contribution in [2.24, 2.45) is 0 Å². The Morgan fingerprint density at radius 3 is 0.824 bits per heavy atom. The van der Waals surface area contributed by atoms with E-state index in [2.05, 4.69) is 267 Å². The molecule has 1 saturated carbocycles. The molecule has 0 spiro atoms. The van der Waals surface area contributed by atoms with Gasteiger partial charge < -0.3 is 5.11 Å². The molecule has 0 amide bonds. The summed E-state index contributed by atoms with van der Waals surface area (Å²) in [7, 11) is 0. The van der Waals surface area contributed by atoms with Gasteiger partial charge in [-0.25, -0.2) is 0 Å². The van der Waals surface area contributed by atoms with Crippen molar-refractivity contribution in [2.75, 3.05) is 0 Å². The van der Waals surface area contributed by atoms with Gasteiger partial charge in [0.15, 0.2) is 5.60 Å². The third-order valence-corrected chi connectivity index (χ3v) is 17.6. The fraction of sp³-hybridized carbons (Fsp3) is 0.286. The van der Waals surface area contributed by atoms with Crippen LogP contribution >= 0.6 is 0 Å². The van der Waals surface area contributed by atoms with E-state index in [1.54, 1.807) is 0 Å². The molecule has 0 aromatic heterocycles. The van der Waals surface area contributed by atoms with Crippen molar-refractivity contribution in [3.05, 3.63) is 273 Å². The summed E-state index contributed by atoms with van der Waals surface area (Å²) in [5.74, 6) is 0.626. The van der Waals surface area contributed by atoms with Crippen LogP contribution in [0.1, 0.15) is 134 Å².